The lowest BCUT2D eigenvalue weighted by Crippen LogP contribution is -2.05. The quantitative estimate of drug-likeness (QED) is 0.427. The molecule has 1 aromatic carbocycles. The van der Waals surface area contributed by atoms with Crippen molar-refractivity contribution in [1.82, 2.24) is 0 Å². The van der Waals surface area contributed by atoms with Gasteiger partial charge in [-0.3, -0.25) is 14.9 Å². The molecule has 0 spiro atoms. The molecule has 1 unspecified atom stereocenters. The van der Waals surface area contributed by atoms with Gasteiger partial charge in [-0.15, -0.1) is 0 Å². The van der Waals surface area contributed by atoms with Gasteiger partial charge in [0.2, 0.25) is 0 Å². The van der Waals surface area contributed by atoms with Crippen molar-refractivity contribution in [2.24, 2.45) is 0 Å². The minimum atomic E-state index is -1.03. The van der Waals surface area contributed by atoms with Gasteiger partial charge in [-0.2, -0.15) is 0 Å². The summed E-state index contributed by atoms with van der Waals surface area (Å²) in [6.45, 7) is 1.50. The molecule has 0 bridgehead atoms. The third kappa shape index (κ3) is 4.60. The fourth-order valence-electron chi connectivity index (χ4n) is 1.74. The highest BCUT2D eigenvalue weighted by atomic mass is 16.6. The van der Waals surface area contributed by atoms with Crippen molar-refractivity contribution in [2.75, 3.05) is 13.7 Å². The lowest BCUT2D eigenvalue weighted by atomic mass is 10.1. The molecule has 1 aromatic rings. The van der Waals surface area contributed by atoms with Crippen LogP contribution in [0.25, 0.3) is 0 Å². The summed E-state index contributed by atoms with van der Waals surface area (Å²) in [5, 5.41) is 29.1. The number of aliphatic hydroxyl groups is 1. The zero-order valence-corrected chi connectivity index (χ0v) is 11.7. The summed E-state index contributed by atoms with van der Waals surface area (Å²) < 4.78 is 10.4. The standard InChI is InChI=1S/C13H17NO7/c1-8(15)9-6-11(20-2)12(7-10(9)14(18)19)21-5-3-4-13(16)17/h6-8,15H,3-5H2,1-2H3,(H,16,17). The number of nitro benzene ring substituents is 1. The van der Waals surface area contributed by atoms with E-state index in [-0.39, 0.29) is 42.2 Å². The van der Waals surface area contributed by atoms with Crippen molar-refractivity contribution < 1.29 is 29.4 Å². The van der Waals surface area contributed by atoms with Gasteiger partial charge in [0.25, 0.3) is 5.69 Å². The van der Waals surface area contributed by atoms with Crippen molar-refractivity contribution in [1.29, 1.82) is 0 Å². The zero-order chi connectivity index (χ0) is 16.0. The van der Waals surface area contributed by atoms with Crippen LogP contribution in [0.3, 0.4) is 0 Å². The highest BCUT2D eigenvalue weighted by molar-refractivity contribution is 5.66. The average Bonchev–Trinajstić information content (AvgIpc) is 2.42. The van der Waals surface area contributed by atoms with Gasteiger partial charge >= 0.3 is 5.97 Å². The number of carboxylic acid groups (broad SMARTS) is 1. The van der Waals surface area contributed by atoms with Crippen LogP contribution in [-0.2, 0) is 4.79 Å². The van der Waals surface area contributed by atoms with Crippen LogP contribution in [0.1, 0.15) is 31.4 Å². The van der Waals surface area contributed by atoms with Crippen LogP contribution in [-0.4, -0.2) is 34.8 Å². The number of carboxylic acids is 1. The summed E-state index contributed by atoms with van der Waals surface area (Å²) in [6, 6.07) is 2.51. The maximum Gasteiger partial charge on any atom is 0.303 e. The Bertz CT molecular complexity index is 527. The molecule has 0 aliphatic heterocycles. The summed E-state index contributed by atoms with van der Waals surface area (Å²) >= 11 is 0. The predicted molar refractivity (Wildman–Crippen MR) is 72.6 cm³/mol. The number of rotatable bonds is 8. The second-order valence-corrected chi connectivity index (χ2v) is 4.34. The molecular formula is C13H17NO7. The van der Waals surface area contributed by atoms with E-state index in [0.717, 1.165) is 0 Å². The Balaban J connectivity index is 2.99. The number of benzene rings is 1. The lowest BCUT2D eigenvalue weighted by Gasteiger charge is -2.13. The van der Waals surface area contributed by atoms with E-state index >= 15 is 0 Å². The van der Waals surface area contributed by atoms with E-state index in [1.54, 1.807) is 0 Å². The number of hydrogen-bond donors (Lipinski definition) is 2. The summed E-state index contributed by atoms with van der Waals surface area (Å²) in [7, 11) is 1.37. The SMILES string of the molecule is COc1cc(C(C)O)c([N+](=O)[O-])cc1OCCCC(=O)O. The Labute approximate surface area is 121 Å². The smallest absolute Gasteiger partial charge is 0.303 e. The Kier molecular flexibility index (Phi) is 5.92. The molecule has 0 aromatic heterocycles. The van der Waals surface area contributed by atoms with Crippen molar-refractivity contribution in [3.8, 4) is 11.5 Å². The predicted octanol–water partition coefficient (Wildman–Crippen LogP) is 1.90. The van der Waals surface area contributed by atoms with Crippen molar-refractivity contribution in [3.63, 3.8) is 0 Å². The third-order valence-electron chi connectivity index (χ3n) is 2.75. The number of ether oxygens (including phenoxy) is 2. The Hall–Kier alpha value is -2.35. The van der Waals surface area contributed by atoms with E-state index in [1.165, 1.54) is 26.2 Å². The molecule has 0 saturated heterocycles. The van der Waals surface area contributed by atoms with Gasteiger partial charge in [-0.25, -0.2) is 0 Å². The second-order valence-electron chi connectivity index (χ2n) is 4.34. The molecule has 8 nitrogen and oxygen atoms in total. The summed E-state index contributed by atoms with van der Waals surface area (Å²) in [5.41, 5.74) is -0.159. The minimum Gasteiger partial charge on any atom is -0.493 e. The van der Waals surface area contributed by atoms with E-state index in [2.05, 4.69) is 0 Å². The first-order valence-electron chi connectivity index (χ1n) is 6.25. The normalized spacial score (nSPS) is 11.8. The zero-order valence-electron chi connectivity index (χ0n) is 11.7. The monoisotopic (exact) mass is 299 g/mol. The molecule has 0 saturated carbocycles. The van der Waals surface area contributed by atoms with Crippen LogP contribution in [0.2, 0.25) is 0 Å². The lowest BCUT2D eigenvalue weighted by molar-refractivity contribution is -0.386. The number of nitrogens with zero attached hydrogens (tertiary/aromatic N) is 1. The summed E-state index contributed by atoms with van der Waals surface area (Å²) in [5.74, 6) is -0.563. The maximum atomic E-state index is 11.0. The highest BCUT2D eigenvalue weighted by Crippen LogP contribution is 2.37. The molecule has 0 aliphatic carbocycles. The summed E-state index contributed by atoms with van der Waals surface area (Å²) in [6.07, 6.45) is -0.819. The van der Waals surface area contributed by atoms with Gasteiger partial charge in [0, 0.05) is 6.42 Å². The number of hydrogen-bond acceptors (Lipinski definition) is 6. The fourth-order valence-corrected chi connectivity index (χ4v) is 1.74. The van der Waals surface area contributed by atoms with E-state index in [1.807, 2.05) is 0 Å². The van der Waals surface area contributed by atoms with Gasteiger partial charge in [-0.05, 0) is 19.4 Å². The molecule has 0 aliphatic rings. The number of methoxy groups -OCH3 is 1. The Morgan fingerprint density at radius 2 is 2.10 bits per heavy atom. The molecule has 8 heteroatoms. The van der Waals surface area contributed by atoms with Gasteiger partial charge in [0.1, 0.15) is 0 Å². The van der Waals surface area contributed by atoms with Gasteiger partial charge in [0.15, 0.2) is 11.5 Å². The molecule has 21 heavy (non-hydrogen) atoms. The van der Waals surface area contributed by atoms with Crippen LogP contribution >= 0.6 is 0 Å². The van der Waals surface area contributed by atoms with Crippen molar-refractivity contribution in [3.05, 3.63) is 27.8 Å². The van der Waals surface area contributed by atoms with Gasteiger partial charge in [0.05, 0.1) is 36.4 Å². The van der Waals surface area contributed by atoms with Gasteiger partial charge < -0.3 is 19.7 Å². The molecule has 0 heterocycles. The van der Waals surface area contributed by atoms with E-state index in [0.29, 0.717) is 0 Å². The topological polar surface area (TPSA) is 119 Å². The largest absolute Gasteiger partial charge is 0.493 e. The van der Waals surface area contributed by atoms with Crippen LogP contribution in [0.15, 0.2) is 12.1 Å². The van der Waals surface area contributed by atoms with Crippen LogP contribution in [0.5, 0.6) is 11.5 Å². The summed E-state index contributed by atoms with van der Waals surface area (Å²) in [4.78, 5) is 20.8. The molecular weight excluding hydrogens is 282 g/mol. The fraction of sp³-hybridized carbons (Fsp3) is 0.462. The number of carbonyl (C=O) groups is 1. The molecule has 1 atom stereocenters. The Morgan fingerprint density at radius 1 is 1.43 bits per heavy atom. The molecule has 116 valence electrons. The van der Waals surface area contributed by atoms with Crippen molar-refractivity contribution >= 4 is 11.7 Å². The molecule has 0 radical (unpaired) electrons. The second kappa shape index (κ2) is 7.44. The first kappa shape index (κ1) is 16.7. The van der Waals surface area contributed by atoms with Crippen LogP contribution < -0.4 is 9.47 Å². The highest BCUT2D eigenvalue weighted by Gasteiger charge is 2.22. The molecule has 0 fully saturated rings. The number of aliphatic carboxylic acids is 1. The van der Waals surface area contributed by atoms with Crippen molar-refractivity contribution in [2.45, 2.75) is 25.9 Å². The van der Waals surface area contributed by atoms with Gasteiger partial charge in [-0.1, -0.05) is 0 Å². The molecule has 1 rings (SSSR count). The Morgan fingerprint density at radius 3 is 2.57 bits per heavy atom. The first-order valence-corrected chi connectivity index (χ1v) is 6.25. The van der Waals surface area contributed by atoms with Crippen LogP contribution in [0.4, 0.5) is 5.69 Å². The van der Waals surface area contributed by atoms with E-state index < -0.39 is 17.0 Å². The minimum absolute atomic E-state index is 0.0594. The third-order valence-corrected chi connectivity index (χ3v) is 2.75. The van der Waals surface area contributed by atoms with Crippen LogP contribution in [0, 0.1) is 10.1 Å². The molecule has 0 amide bonds. The molecule has 2 N–H and O–H groups in total. The maximum absolute atomic E-state index is 11.0. The average molecular weight is 299 g/mol. The first-order chi connectivity index (χ1) is 9.86. The van der Waals surface area contributed by atoms with E-state index in [4.69, 9.17) is 14.6 Å². The number of aliphatic hydroxyl groups excluding tert-OH is 1. The number of nitro groups is 1. The van der Waals surface area contributed by atoms with E-state index in [9.17, 15) is 20.0 Å².